The molecule has 0 aliphatic carbocycles. The zero-order valence-electron chi connectivity index (χ0n) is 14.4. The van der Waals surface area contributed by atoms with E-state index in [1.165, 1.54) is 11.8 Å². The second-order valence-electron chi connectivity index (χ2n) is 6.17. The van der Waals surface area contributed by atoms with Crippen LogP contribution in [0.3, 0.4) is 0 Å². The molecule has 4 rings (SSSR count). The lowest BCUT2D eigenvalue weighted by atomic mass is 10.2. The van der Waals surface area contributed by atoms with Crippen LogP contribution in [0.4, 0.5) is 5.69 Å². The first-order valence-electron chi connectivity index (χ1n) is 8.59. The largest absolute Gasteiger partial charge is 0.486 e. The zero-order chi connectivity index (χ0) is 18.1. The molecular weight excluding hydrogens is 354 g/mol. The molecule has 1 atom stereocenters. The van der Waals surface area contributed by atoms with Gasteiger partial charge in [-0.3, -0.25) is 14.2 Å². The van der Waals surface area contributed by atoms with Gasteiger partial charge in [-0.15, -0.1) is 0 Å². The molecule has 0 spiro atoms. The summed E-state index contributed by atoms with van der Waals surface area (Å²) < 4.78 is 12.6. The number of aryl methyl sites for hydroxylation is 1. The van der Waals surface area contributed by atoms with Crippen LogP contribution in [0, 0.1) is 0 Å². The van der Waals surface area contributed by atoms with Crippen molar-refractivity contribution >= 4 is 23.4 Å². The molecule has 1 aromatic carbocycles. The van der Waals surface area contributed by atoms with E-state index < -0.39 is 0 Å². The van der Waals surface area contributed by atoms with Gasteiger partial charge in [0.25, 0.3) is 5.56 Å². The number of ether oxygens (including phenoxy) is 2. The number of rotatable bonds is 4. The smallest absolute Gasteiger partial charge is 0.254 e. The summed E-state index contributed by atoms with van der Waals surface area (Å²) in [5.41, 5.74) is 1.35. The van der Waals surface area contributed by atoms with E-state index in [4.69, 9.17) is 9.47 Å². The minimum Gasteiger partial charge on any atom is -0.486 e. The molecule has 2 aliphatic rings. The number of aromatic nitrogens is 2. The normalized spacial score (nSPS) is 17.7. The fraction of sp³-hybridized carbons (Fsp3) is 0.389. The highest BCUT2D eigenvalue weighted by molar-refractivity contribution is 7.99. The Hall–Kier alpha value is -2.48. The maximum atomic E-state index is 12.5. The molecule has 0 saturated carbocycles. The number of anilines is 1. The van der Waals surface area contributed by atoms with Crippen LogP contribution in [0.25, 0.3) is 0 Å². The van der Waals surface area contributed by atoms with Gasteiger partial charge in [0, 0.05) is 35.7 Å². The molecule has 7 nitrogen and oxygen atoms in total. The zero-order valence-corrected chi connectivity index (χ0v) is 15.2. The number of benzene rings is 1. The second-order valence-corrected chi connectivity index (χ2v) is 7.15. The Morgan fingerprint density at radius 1 is 1.31 bits per heavy atom. The molecular formula is C18H19N3O4S. The van der Waals surface area contributed by atoms with Gasteiger partial charge in [-0.1, -0.05) is 18.7 Å². The third-order valence-electron chi connectivity index (χ3n) is 4.35. The minimum atomic E-state index is -0.182. The van der Waals surface area contributed by atoms with Crippen LogP contribution in [-0.4, -0.2) is 34.4 Å². The summed E-state index contributed by atoms with van der Waals surface area (Å²) in [6, 6.07) is 6.69. The van der Waals surface area contributed by atoms with E-state index >= 15 is 0 Å². The summed E-state index contributed by atoms with van der Waals surface area (Å²) in [6.07, 6.45) is 0.945. The molecule has 1 aromatic heterocycles. The average Bonchev–Trinajstić information content (AvgIpc) is 3.04. The molecule has 3 heterocycles. The predicted octanol–water partition coefficient (Wildman–Crippen LogP) is 2.25. The lowest BCUT2D eigenvalue weighted by molar-refractivity contribution is -0.116. The van der Waals surface area contributed by atoms with Crippen molar-refractivity contribution in [3.05, 3.63) is 40.3 Å². The van der Waals surface area contributed by atoms with E-state index in [-0.39, 0.29) is 23.9 Å². The van der Waals surface area contributed by atoms with E-state index in [2.05, 4.69) is 10.3 Å². The van der Waals surface area contributed by atoms with Crippen LogP contribution < -0.4 is 20.3 Å². The van der Waals surface area contributed by atoms with Crippen LogP contribution in [-0.2, 0) is 11.2 Å². The van der Waals surface area contributed by atoms with Crippen LogP contribution in [0.1, 0.15) is 25.1 Å². The van der Waals surface area contributed by atoms with Crippen LogP contribution >= 0.6 is 11.8 Å². The summed E-state index contributed by atoms with van der Waals surface area (Å²) in [4.78, 5) is 29.3. The van der Waals surface area contributed by atoms with Gasteiger partial charge in [-0.25, -0.2) is 4.98 Å². The van der Waals surface area contributed by atoms with E-state index in [0.717, 1.165) is 12.1 Å². The van der Waals surface area contributed by atoms with Gasteiger partial charge >= 0.3 is 0 Å². The van der Waals surface area contributed by atoms with Crippen molar-refractivity contribution in [1.29, 1.82) is 0 Å². The van der Waals surface area contributed by atoms with Crippen molar-refractivity contribution < 1.29 is 14.3 Å². The molecule has 2 aliphatic heterocycles. The van der Waals surface area contributed by atoms with Crippen LogP contribution in [0.15, 0.2) is 34.2 Å². The Morgan fingerprint density at radius 2 is 2.12 bits per heavy atom. The highest BCUT2D eigenvalue weighted by atomic mass is 32.2. The first kappa shape index (κ1) is 17.0. The Balaban J connectivity index is 1.46. The predicted molar refractivity (Wildman–Crippen MR) is 98.3 cm³/mol. The van der Waals surface area contributed by atoms with Crippen LogP contribution in [0.2, 0.25) is 0 Å². The first-order chi connectivity index (χ1) is 12.6. The molecule has 26 heavy (non-hydrogen) atoms. The summed E-state index contributed by atoms with van der Waals surface area (Å²) in [6.45, 7) is 2.99. The number of fused-ring (bicyclic) bond motifs is 2. The highest BCUT2D eigenvalue weighted by Gasteiger charge is 2.27. The van der Waals surface area contributed by atoms with Gasteiger partial charge in [-0.2, -0.15) is 0 Å². The minimum absolute atomic E-state index is 0.0889. The number of hydrogen-bond acceptors (Lipinski definition) is 6. The number of thioether (sulfide) groups is 1. The molecule has 136 valence electrons. The van der Waals surface area contributed by atoms with Gasteiger partial charge in [-0.05, 0) is 18.6 Å². The maximum Gasteiger partial charge on any atom is 0.254 e. The summed E-state index contributed by atoms with van der Waals surface area (Å²) in [5, 5.41) is 3.57. The van der Waals surface area contributed by atoms with Gasteiger partial charge in [0.15, 0.2) is 16.7 Å². The van der Waals surface area contributed by atoms with Gasteiger partial charge in [0.2, 0.25) is 5.91 Å². The number of hydrogen-bond donors (Lipinski definition) is 1. The van der Waals surface area contributed by atoms with Crippen molar-refractivity contribution in [3.8, 4) is 11.5 Å². The number of carbonyl (C=O) groups is 1. The van der Waals surface area contributed by atoms with Crippen molar-refractivity contribution in [1.82, 2.24) is 9.55 Å². The molecule has 0 radical (unpaired) electrons. The van der Waals surface area contributed by atoms with Crippen molar-refractivity contribution in [2.75, 3.05) is 24.3 Å². The third-order valence-corrected chi connectivity index (χ3v) is 5.45. The average molecular weight is 373 g/mol. The summed E-state index contributed by atoms with van der Waals surface area (Å²) in [5.74, 6) is 1.83. The number of nitrogens with one attached hydrogen (secondary N) is 1. The first-order valence-corrected chi connectivity index (χ1v) is 9.57. The molecule has 2 aromatic rings. The molecule has 1 N–H and O–H groups in total. The van der Waals surface area contributed by atoms with E-state index in [9.17, 15) is 9.59 Å². The Kier molecular flexibility index (Phi) is 4.58. The monoisotopic (exact) mass is 373 g/mol. The number of amides is 1. The molecule has 8 heteroatoms. The lowest BCUT2D eigenvalue weighted by Gasteiger charge is -2.19. The van der Waals surface area contributed by atoms with Crippen molar-refractivity contribution in [3.63, 3.8) is 0 Å². The second kappa shape index (κ2) is 7.03. The maximum absolute atomic E-state index is 12.5. The van der Waals surface area contributed by atoms with E-state index in [1.807, 2.05) is 6.92 Å². The standard InChI is InChI=1S/C18H19N3O4S/c1-2-11-8-17(23)21-13(10-26-18(21)20-11)9-16(22)19-12-3-4-14-15(7-12)25-6-5-24-14/h3-4,7-8,13H,2,5-6,9-10H2,1H3,(H,19,22). The molecule has 1 unspecified atom stereocenters. The van der Waals surface area contributed by atoms with Crippen LogP contribution in [0.5, 0.6) is 11.5 Å². The van der Waals surface area contributed by atoms with Gasteiger partial charge in [0.05, 0.1) is 6.04 Å². The Labute approximate surface area is 154 Å². The molecule has 0 saturated heterocycles. The summed E-state index contributed by atoms with van der Waals surface area (Å²) >= 11 is 1.52. The SMILES string of the molecule is CCc1cc(=O)n2c(n1)SCC2CC(=O)Nc1ccc2c(c1)OCCO2. The lowest BCUT2D eigenvalue weighted by Crippen LogP contribution is -2.27. The molecule has 1 amide bonds. The molecule has 0 bridgehead atoms. The number of nitrogens with zero attached hydrogens (tertiary/aromatic N) is 2. The van der Waals surface area contributed by atoms with E-state index in [1.54, 1.807) is 28.8 Å². The number of carbonyl (C=O) groups excluding carboxylic acids is 1. The highest BCUT2D eigenvalue weighted by Crippen LogP contribution is 2.34. The fourth-order valence-electron chi connectivity index (χ4n) is 3.08. The Bertz CT molecular complexity index is 912. The quantitative estimate of drug-likeness (QED) is 0.828. The van der Waals surface area contributed by atoms with Crippen molar-refractivity contribution in [2.45, 2.75) is 31.0 Å². The van der Waals surface area contributed by atoms with Gasteiger partial charge in [0.1, 0.15) is 13.2 Å². The molecule has 0 fully saturated rings. The third kappa shape index (κ3) is 3.29. The fourth-order valence-corrected chi connectivity index (χ4v) is 4.25. The Morgan fingerprint density at radius 3 is 2.92 bits per heavy atom. The van der Waals surface area contributed by atoms with E-state index in [0.29, 0.717) is 41.3 Å². The van der Waals surface area contributed by atoms with Gasteiger partial charge < -0.3 is 14.8 Å². The summed E-state index contributed by atoms with van der Waals surface area (Å²) in [7, 11) is 0. The topological polar surface area (TPSA) is 82.5 Å². The van der Waals surface area contributed by atoms with Crippen molar-refractivity contribution in [2.24, 2.45) is 0 Å².